The lowest BCUT2D eigenvalue weighted by Crippen LogP contribution is -2.24. The summed E-state index contributed by atoms with van der Waals surface area (Å²) in [6, 6.07) is 12.0. The average Bonchev–Trinajstić information content (AvgIpc) is 2.94. The number of carbonyl (C=O) groups excluding carboxylic acids is 1. The van der Waals surface area contributed by atoms with Crippen molar-refractivity contribution < 1.29 is 4.79 Å². The summed E-state index contributed by atoms with van der Waals surface area (Å²) in [5.41, 5.74) is 7.51. The zero-order valence-electron chi connectivity index (χ0n) is 10.8. The third-order valence-corrected chi connectivity index (χ3v) is 3.79. The molecular weight excluding hydrogens is 256 g/mol. The second-order valence-corrected chi connectivity index (χ2v) is 5.20. The predicted molar refractivity (Wildman–Crippen MR) is 80.4 cm³/mol. The number of nitrogens with one attached hydrogen (secondary N) is 1. The van der Waals surface area contributed by atoms with E-state index in [1.807, 2.05) is 41.8 Å². The minimum atomic E-state index is 0.00544. The molecule has 0 spiro atoms. The van der Waals surface area contributed by atoms with Gasteiger partial charge in [0.15, 0.2) is 0 Å². The highest BCUT2D eigenvalue weighted by molar-refractivity contribution is 7.12. The number of nitrogens with two attached hydrogens (primary N) is 1. The van der Waals surface area contributed by atoms with Crippen LogP contribution in [0.3, 0.4) is 0 Å². The van der Waals surface area contributed by atoms with Gasteiger partial charge >= 0.3 is 0 Å². The molecule has 2 rings (SSSR count). The van der Waals surface area contributed by atoms with Crippen molar-refractivity contribution in [2.45, 2.75) is 12.8 Å². The van der Waals surface area contributed by atoms with Crippen molar-refractivity contribution in [3.05, 3.63) is 46.7 Å². The van der Waals surface area contributed by atoms with E-state index in [0.717, 1.165) is 28.8 Å². The van der Waals surface area contributed by atoms with Gasteiger partial charge in [-0.2, -0.15) is 0 Å². The fraction of sp³-hybridized carbons (Fsp3) is 0.267. The number of rotatable bonds is 6. The Morgan fingerprint density at radius 1 is 1.16 bits per heavy atom. The molecule has 1 aromatic heterocycles. The van der Waals surface area contributed by atoms with Crippen LogP contribution >= 0.6 is 11.3 Å². The van der Waals surface area contributed by atoms with E-state index in [-0.39, 0.29) is 5.91 Å². The molecule has 19 heavy (non-hydrogen) atoms. The minimum Gasteiger partial charge on any atom is -0.351 e. The van der Waals surface area contributed by atoms with Gasteiger partial charge in [0.1, 0.15) is 0 Å². The molecule has 0 fully saturated rings. The second kappa shape index (κ2) is 7.07. The molecule has 100 valence electrons. The molecule has 4 heteroatoms. The van der Waals surface area contributed by atoms with E-state index < -0.39 is 0 Å². The normalized spacial score (nSPS) is 10.4. The molecule has 0 atom stereocenters. The van der Waals surface area contributed by atoms with Gasteiger partial charge in [0.2, 0.25) is 0 Å². The van der Waals surface area contributed by atoms with E-state index in [2.05, 4.69) is 5.32 Å². The summed E-state index contributed by atoms with van der Waals surface area (Å²) in [5.74, 6) is 0.00544. The number of hydrogen-bond acceptors (Lipinski definition) is 3. The zero-order chi connectivity index (χ0) is 13.5. The predicted octanol–water partition coefficient (Wildman–Crippen LogP) is 2.88. The lowest BCUT2D eigenvalue weighted by Gasteiger charge is -2.06. The lowest BCUT2D eigenvalue weighted by molar-refractivity contribution is 0.0957. The number of benzene rings is 1. The SMILES string of the molecule is NCCCCNC(=O)c1sccc1-c1ccccc1. The summed E-state index contributed by atoms with van der Waals surface area (Å²) < 4.78 is 0. The summed E-state index contributed by atoms with van der Waals surface area (Å²) in [4.78, 5) is 12.9. The molecule has 0 saturated carbocycles. The number of unbranched alkanes of at least 4 members (excludes halogenated alkanes) is 1. The summed E-state index contributed by atoms with van der Waals surface area (Å²) in [6.45, 7) is 1.35. The maximum Gasteiger partial charge on any atom is 0.261 e. The van der Waals surface area contributed by atoms with Gasteiger partial charge in [-0.05, 0) is 36.4 Å². The highest BCUT2D eigenvalue weighted by atomic mass is 32.1. The molecule has 3 nitrogen and oxygen atoms in total. The molecule has 0 radical (unpaired) electrons. The van der Waals surface area contributed by atoms with Crippen LogP contribution in [-0.2, 0) is 0 Å². The van der Waals surface area contributed by atoms with Crippen molar-refractivity contribution in [2.75, 3.05) is 13.1 Å². The van der Waals surface area contributed by atoms with E-state index in [0.29, 0.717) is 13.1 Å². The summed E-state index contributed by atoms with van der Waals surface area (Å²) in [5, 5.41) is 4.90. The molecule has 0 unspecified atom stereocenters. The van der Waals surface area contributed by atoms with E-state index in [1.54, 1.807) is 0 Å². The van der Waals surface area contributed by atoms with Crippen molar-refractivity contribution in [3.63, 3.8) is 0 Å². The molecule has 0 aliphatic carbocycles. The summed E-state index contributed by atoms with van der Waals surface area (Å²) in [6.07, 6.45) is 1.87. The molecule has 0 bridgehead atoms. The van der Waals surface area contributed by atoms with Gasteiger partial charge in [0.25, 0.3) is 5.91 Å². The number of thiophene rings is 1. The third-order valence-electron chi connectivity index (χ3n) is 2.87. The Hall–Kier alpha value is -1.65. The molecule has 0 saturated heterocycles. The molecule has 0 aliphatic heterocycles. The zero-order valence-corrected chi connectivity index (χ0v) is 11.6. The third kappa shape index (κ3) is 3.66. The first-order chi connectivity index (χ1) is 9.33. The molecular formula is C15H18N2OS. The van der Waals surface area contributed by atoms with Crippen molar-refractivity contribution in [3.8, 4) is 11.1 Å². The maximum absolute atomic E-state index is 12.1. The van der Waals surface area contributed by atoms with Gasteiger partial charge < -0.3 is 11.1 Å². The van der Waals surface area contributed by atoms with Crippen LogP contribution in [0.2, 0.25) is 0 Å². The number of amides is 1. The van der Waals surface area contributed by atoms with Gasteiger partial charge in [0, 0.05) is 12.1 Å². The smallest absolute Gasteiger partial charge is 0.261 e. The Balaban J connectivity index is 2.05. The van der Waals surface area contributed by atoms with E-state index >= 15 is 0 Å². The fourth-order valence-corrected chi connectivity index (χ4v) is 2.71. The van der Waals surface area contributed by atoms with Gasteiger partial charge in [-0.25, -0.2) is 0 Å². The van der Waals surface area contributed by atoms with Crippen molar-refractivity contribution in [2.24, 2.45) is 5.73 Å². The van der Waals surface area contributed by atoms with E-state index in [9.17, 15) is 4.79 Å². The Morgan fingerprint density at radius 2 is 1.95 bits per heavy atom. The highest BCUT2D eigenvalue weighted by Gasteiger charge is 2.13. The molecule has 1 heterocycles. The molecule has 2 aromatic rings. The van der Waals surface area contributed by atoms with Gasteiger partial charge in [-0.15, -0.1) is 11.3 Å². The van der Waals surface area contributed by atoms with Crippen molar-refractivity contribution >= 4 is 17.2 Å². The Labute approximate surface area is 117 Å². The molecule has 3 N–H and O–H groups in total. The van der Waals surface area contributed by atoms with Crippen LogP contribution in [0, 0.1) is 0 Å². The first-order valence-electron chi connectivity index (χ1n) is 6.44. The topological polar surface area (TPSA) is 55.1 Å². The van der Waals surface area contributed by atoms with Crippen molar-refractivity contribution in [1.82, 2.24) is 5.32 Å². The molecule has 1 aromatic carbocycles. The lowest BCUT2D eigenvalue weighted by atomic mass is 10.1. The van der Waals surface area contributed by atoms with Crippen LogP contribution in [0.25, 0.3) is 11.1 Å². The fourth-order valence-electron chi connectivity index (χ4n) is 1.88. The van der Waals surface area contributed by atoms with E-state index in [4.69, 9.17) is 5.73 Å². The summed E-state index contributed by atoms with van der Waals surface area (Å²) in [7, 11) is 0. The molecule has 0 aliphatic rings. The Kier molecular flexibility index (Phi) is 5.12. The average molecular weight is 274 g/mol. The Morgan fingerprint density at radius 3 is 2.68 bits per heavy atom. The maximum atomic E-state index is 12.1. The van der Waals surface area contributed by atoms with Gasteiger partial charge in [0.05, 0.1) is 4.88 Å². The first-order valence-corrected chi connectivity index (χ1v) is 7.32. The number of carbonyl (C=O) groups is 1. The van der Waals surface area contributed by atoms with Crippen LogP contribution in [0.15, 0.2) is 41.8 Å². The monoisotopic (exact) mass is 274 g/mol. The van der Waals surface area contributed by atoms with Gasteiger partial charge in [-0.3, -0.25) is 4.79 Å². The van der Waals surface area contributed by atoms with E-state index in [1.165, 1.54) is 11.3 Å². The molecule has 1 amide bonds. The van der Waals surface area contributed by atoms with Crippen LogP contribution in [0.1, 0.15) is 22.5 Å². The van der Waals surface area contributed by atoms with Crippen LogP contribution in [0.4, 0.5) is 0 Å². The van der Waals surface area contributed by atoms with Crippen LogP contribution in [0.5, 0.6) is 0 Å². The highest BCUT2D eigenvalue weighted by Crippen LogP contribution is 2.27. The first kappa shape index (κ1) is 13.8. The minimum absolute atomic E-state index is 0.00544. The summed E-state index contributed by atoms with van der Waals surface area (Å²) >= 11 is 1.48. The Bertz CT molecular complexity index is 522. The number of hydrogen-bond donors (Lipinski definition) is 2. The largest absolute Gasteiger partial charge is 0.351 e. The second-order valence-electron chi connectivity index (χ2n) is 4.28. The quantitative estimate of drug-likeness (QED) is 0.796. The van der Waals surface area contributed by atoms with Crippen molar-refractivity contribution in [1.29, 1.82) is 0 Å². The standard InChI is InChI=1S/C15H18N2OS/c16-9-4-5-10-17-15(18)14-13(8-11-19-14)12-6-2-1-3-7-12/h1-3,6-8,11H,4-5,9-10,16H2,(H,17,18). The van der Waals surface area contributed by atoms with Crippen LogP contribution in [-0.4, -0.2) is 19.0 Å². The van der Waals surface area contributed by atoms with Gasteiger partial charge in [-0.1, -0.05) is 30.3 Å². The van der Waals surface area contributed by atoms with Crippen LogP contribution < -0.4 is 11.1 Å².